The highest BCUT2D eigenvalue weighted by atomic mass is 16.5. The van der Waals surface area contributed by atoms with Crippen molar-refractivity contribution in [1.29, 1.82) is 0 Å². The molecule has 6 nitrogen and oxygen atoms in total. The minimum absolute atomic E-state index is 0.0245. The SMILES string of the molecule is COC(=O)C(C)CN(CCN(C)C)C(=O)CCOc1ccccc1. The predicted octanol–water partition coefficient (Wildman–Crippen LogP) is 1.65. The number of likely N-dealkylation sites (N-methyl/N-ethyl adjacent to an activating group) is 1. The summed E-state index contributed by atoms with van der Waals surface area (Å²) in [5.41, 5.74) is 0. The van der Waals surface area contributed by atoms with Gasteiger partial charge >= 0.3 is 5.97 Å². The van der Waals surface area contributed by atoms with Crippen LogP contribution < -0.4 is 4.74 Å². The monoisotopic (exact) mass is 336 g/mol. The normalized spacial score (nSPS) is 11.9. The quantitative estimate of drug-likeness (QED) is 0.608. The molecule has 0 heterocycles. The second-order valence-corrected chi connectivity index (χ2v) is 5.98. The van der Waals surface area contributed by atoms with Gasteiger partial charge in [0.15, 0.2) is 0 Å². The first-order valence-corrected chi connectivity index (χ1v) is 8.12. The summed E-state index contributed by atoms with van der Waals surface area (Å²) in [4.78, 5) is 27.8. The third-order valence-corrected chi connectivity index (χ3v) is 3.60. The van der Waals surface area contributed by atoms with E-state index in [9.17, 15) is 9.59 Å². The van der Waals surface area contributed by atoms with Gasteiger partial charge in [0.05, 0.1) is 26.1 Å². The Morgan fingerprint density at radius 2 is 1.79 bits per heavy atom. The molecule has 1 rings (SSSR count). The molecule has 1 amide bonds. The van der Waals surface area contributed by atoms with E-state index in [2.05, 4.69) is 0 Å². The van der Waals surface area contributed by atoms with Crippen LogP contribution in [0.3, 0.4) is 0 Å². The van der Waals surface area contributed by atoms with Crippen molar-refractivity contribution >= 4 is 11.9 Å². The van der Waals surface area contributed by atoms with Crippen molar-refractivity contribution in [2.45, 2.75) is 13.3 Å². The summed E-state index contributed by atoms with van der Waals surface area (Å²) in [5, 5.41) is 0. The third-order valence-electron chi connectivity index (χ3n) is 3.60. The Kier molecular flexibility index (Phi) is 8.86. The molecule has 0 fully saturated rings. The number of esters is 1. The van der Waals surface area contributed by atoms with Crippen molar-refractivity contribution in [3.05, 3.63) is 30.3 Å². The van der Waals surface area contributed by atoms with Crippen LogP contribution in [0.1, 0.15) is 13.3 Å². The van der Waals surface area contributed by atoms with Gasteiger partial charge in [0, 0.05) is 19.6 Å². The summed E-state index contributed by atoms with van der Waals surface area (Å²) in [6.07, 6.45) is 0.274. The highest BCUT2D eigenvalue weighted by Gasteiger charge is 2.21. The van der Waals surface area contributed by atoms with E-state index in [0.29, 0.717) is 19.7 Å². The van der Waals surface area contributed by atoms with E-state index in [1.807, 2.05) is 49.3 Å². The molecule has 24 heavy (non-hydrogen) atoms. The fourth-order valence-corrected chi connectivity index (χ4v) is 2.18. The molecule has 1 unspecified atom stereocenters. The molecule has 0 radical (unpaired) electrons. The molecule has 0 aliphatic carbocycles. The van der Waals surface area contributed by atoms with Crippen molar-refractivity contribution < 1.29 is 19.1 Å². The van der Waals surface area contributed by atoms with Crippen LogP contribution in [0.4, 0.5) is 0 Å². The molecule has 0 saturated carbocycles. The van der Waals surface area contributed by atoms with Crippen LogP contribution in [0.25, 0.3) is 0 Å². The zero-order valence-electron chi connectivity index (χ0n) is 15.0. The average Bonchev–Trinajstić information content (AvgIpc) is 2.58. The van der Waals surface area contributed by atoms with Gasteiger partial charge in [-0.2, -0.15) is 0 Å². The molecule has 0 N–H and O–H groups in total. The zero-order chi connectivity index (χ0) is 17.9. The molecule has 1 aromatic rings. The molecule has 134 valence electrons. The van der Waals surface area contributed by atoms with E-state index in [-0.39, 0.29) is 24.2 Å². The number of para-hydroxylation sites is 1. The first-order chi connectivity index (χ1) is 11.4. The fourth-order valence-electron chi connectivity index (χ4n) is 2.18. The van der Waals surface area contributed by atoms with Crippen LogP contribution in [0.15, 0.2) is 30.3 Å². The van der Waals surface area contributed by atoms with Crippen LogP contribution >= 0.6 is 0 Å². The largest absolute Gasteiger partial charge is 0.493 e. The Balaban J connectivity index is 2.53. The van der Waals surface area contributed by atoms with Crippen LogP contribution in [-0.2, 0) is 14.3 Å². The molecule has 0 bridgehead atoms. The number of carbonyl (C=O) groups is 2. The maximum absolute atomic E-state index is 12.5. The minimum atomic E-state index is -0.351. The van der Waals surface area contributed by atoms with Gasteiger partial charge < -0.3 is 19.3 Å². The van der Waals surface area contributed by atoms with Crippen molar-refractivity contribution in [3.63, 3.8) is 0 Å². The van der Waals surface area contributed by atoms with E-state index in [0.717, 1.165) is 12.3 Å². The lowest BCUT2D eigenvalue weighted by Gasteiger charge is -2.26. The molecule has 1 aromatic carbocycles. The summed E-state index contributed by atoms with van der Waals surface area (Å²) < 4.78 is 10.3. The maximum Gasteiger partial charge on any atom is 0.310 e. The van der Waals surface area contributed by atoms with Gasteiger partial charge in [-0.15, -0.1) is 0 Å². The maximum atomic E-state index is 12.5. The van der Waals surface area contributed by atoms with Crippen LogP contribution in [0.2, 0.25) is 0 Å². The van der Waals surface area contributed by atoms with Crippen LogP contribution in [0.5, 0.6) is 5.75 Å². The summed E-state index contributed by atoms with van der Waals surface area (Å²) >= 11 is 0. The van der Waals surface area contributed by atoms with Crippen molar-refractivity contribution in [2.24, 2.45) is 5.92 Å². The standard InChI is InChI=1S/C18H28N2O4/c1-15(18(22)23-4)14-20(12-11-19(2)3)17(21)10-13-24-16-8-6-5-7-9-16/h5-9,15H,10-14H2,1-4H3. The van der Waals surface area contributed by atoms with Gasteiger partial charge in [-0.25, -0.2) is 0 Å². The van der Waals surface area contributed by atoms with Crippen molar-refractivity contribution in [3.8, 4) is 5.75 Å². The lowest BCUT2D eigenvalue weighted by Crippen LogP contribution is -2.41. The molecular weight excluding hydrogens is 308 g/mol. The second kappa shape index (κ2) is 10.6. The smallest absolute Gasteiger partial charge is 0.310 e. The molecule has 0 aliphatic heterocycles. The highest BCUT2D eigenvalue weighted by Crippen LogP contribution is 2.10. The first-order valence-electron chi connectivity index (χ1n) is 8.12. The number of benzene rings is 1. The second-order valence-electron chi connectivity index (χ2n) is 5.98. The van der Waals surface area contributed by atoms with E-state index in [1.54, 1.807) is 11.8 Å². The topological polar surface area (TPSA) is 59.1 Å². The Bertz CT molecular complexity index is 505. The molecule has 0 saturated heterocycles. The summed E-state index contributed by atoms with van der Waals surface area (Å²) in [7, 11) is 5.26. The van der Waals surface area contributed by atoms with Crippen LogP contribution in [-0.4, -0.2) is 69.1 Å². The third kappa shape index (κ3) is 7.46. The molecule has 1 atom stereocenters. The van der Waals surface area contributed by atoms with E-state index in [1.165, 1.54) is 7.11 Å². The van der Waals surface area contributed by atoms with Gasteiger partial charge in [-0.1, -0.05) is 25.1 Å². The minimum Gasteiger partial charge on any atom is -0.493 e. The molecule has 6 heteroatoms. The Hall–Kier alpha value is -2.08. The molecule has 0 aromatic heterocycles. The van der Waals surface area contributed by atoms with E-state index in [4.69, 9.17) is 9.47 Å². The summed E-state index contributed by atoms with van der Waals surface area (Å²) in [6, 6.07) is 9.40. The fraction of sp³-hybridized carbons (Fsp3) is 0.556. The van der Waals surface area contributed by atoms with Crippen molar-refractivity contribution in [1.82, 2.24) is 9.80 Å². The van der Waals surface area contributed by atoms with Crippen LogP contribution in [0, 0.1) is 5.92 Å². The number of hydrogen-bond donors (Lipinski definition) is 0. The average molecular weight is 336 g/mol. The van der Waals surface area contributed by atoms with Crippen molar-refractivity contribution in [2.75, 3.05) is 47.4 Å². The summed E-state index contributed by atoms with van der Waals surface area (Å²) in [5.74, 6) is 0.0611. The summed E-state index contributed by atoms with van der Waals surface area (Å²) in [6.45, 7) is 3.73. The molecule has 0 aliphatic rings. The Morgan fingerprint density at radius 1 is 1.12 bits per heavy atom. The van der Waals surface area contributed by atoms with Gasteiger partial charge in [0.1, 0.15) is 5.75 Å². The number of carbonyl (C=O) groups excluding carboxylic acids is 2. The molecule has 0 spiro atoms. The number of nitrogens with zero attached hydrogens (tertiary/aromatic N) is 2. The van der Waals surface area contributed by atoms with E-state index >= 15 is 0 Å². The Labute approximate surface area is 144 Å². The number of hydrogen-bond acceptors (Lipinski definition) is 5. The number of amides is 1. The van der Waals surface area contributed by atoms with Gasteiger partial charge in [-0.05, 0) is 26.2 Å². The predicted molar refractivity (Wildman–Crippen MR) is 92.9 cm³/mol. The number of ether oxygens (including phenoxy) is 2. The Morgan fingerprint density at radius 3 is 2.38 bits per heavy atom. The molecular formula is C18H28N2O4. The lowest BCUT2D eigenvalue weighted by molar-refractivity contribution is -0.146. The zero-order valence-corrected chi connectivity index (χ0v) is 15.0. The lowest BCUT2D eigenvalue weighted by atomic mass is 10.1. The first kappa shape index (κ1) is 20.0. The van der Waals surface area contributed by atoms with Gasteiger partial charge in [0.2, 0.25) is 5.91 Å². The number of rotatable bonds is 10. The van der Waals surface area contributed by atoms with E-state index < -0.39 is 0 Å². The number of methoxy groups -OCH3 is 1. The van der Waals surface area contributed by atoms with Gasteiger partial charge in [0.25, 0.3) is 0 Å². The van der Waals surface area contributed by atoms with Gasteiger partial charge in [-0.3, -0.25) is 9.59 Å². The highest BCUT2D eigenvalue weighted by molar-refractivity contribution is 5.78.